The van der Waals surface area contributed by atoms with Crippen molar-refractivity contribution in [3.05, 3.63) is 29.6 Å². The van der Waals surface area contributed by atoms with Gasteiger partial charge in [0.15, 0.2) is 11.6 Å². The van der Waals surface area contributed by atoms with Crippen molar-refractivity contribution in [1.82, 2.24) is 0 Å². The summed E-state index contributed by atoms with van der Waals surface area (Å²) in [6, 6.07) is 1.27. The molecule has 1 N–H and O–H groups in total. The highest BCUT2D eigenvalue weighted by atomic mass is 19.2. The summed E-state index contributed by atoms with van der Waals surface area (Å²) in [4.78, 5) is 0. The zero-order valence-corrected chi connectivity index (χ0v) is 5.79. The van der Waals surface area contributed by atoms with Gasteiger partial charge in [0.05, 0.1) is 5.69 Å². The minimum Gasteiger partial charge on any atom is -0.386 e. The van der Waals surface area contributed by atoms with Gasteiger partial charge in [0.2, 0.25) is 0 Å². The SMILES string of the molecule is CNc1cc(F)c(F)cc1F. The molecule has 0 saturated heterocycles. The van der Waals surface area contributed by atoms with E-state index in [1.54, 1.807) is 0 Å². The van der Waals surface area contributed by atoms with Crippen molar-refractivity contribution in [3.8, 4) is 0 Å². The summed E-state index contributed by atoms with van der Waals surface area (Å²) in [5, 5.41) is 2.38. The molecule has 0 aliphatic rings. The van der Waals surface area contributed by atoms with E-state index in [0.29, 0.717) is 6.07 Å². The molecule has 11 heavy (non-hydrogen) atoms. The first-order chi connectivity index (χ1) is 5.15. The Labute approximate surface area is 61.8 Å². The Morgan fingerprint density at radius 3 is 2.09 bits per heavy atom. The molecule has 0 aliphatic heterocycles. The number of benzene rings is 1. The van der Waals surface area contributed by atoms with Crippen LogP contribution in [0, 0.1) is 17.5 Å². The molecule has 0 aliphatic carbocycles. The molecule has 0 fully saturated rings. The molecular weight excluding hydrogens is 155 g/mol. The minimum atomic E-state index is -1.18. The highest BCUT2D eigenvalue weighted by Gasteiger charge is 2.07. The molecule has 1 nitrogen and oxygen atoms in total. The predicted molar refractivity (Wildman–Crippen MR) is 35.9 cm³/mol. The monoisotopic (exact) mass is 161 g/mol. The molecule has 0 bridgehead atoms. The first-order valence-electron chi connectivity index (χ1n) is 2.97. The third-order valence-electron chi connectivity index (χ3n) is 1.28. The quantitative estimate of drug-likeness (QED) is 0.622. The van der Waals surface area contributed by atoms with Gasteiger partial charge in [-0.15, -0.1) is 0 Å². The van der Waals surface area contributed by atoms with Crippen LogP contribution in [-0.4, -0.2) is 7.05 Å². The Morgan fingerprint density at radius 2 is 1.55 bits per heavy atom. The summed E-state index contributed by atoms with van der Waals surface area (Å²) in [7, 11) is 1.43. The van der Waals surface area contributed by atoms with Crippen molar-refractivity contribution in [2.75, 3.05) is 12.4 Å². The van der Waals surface area contributed by atoms with Gasteiger partial charge in [-0.25, -0.2) is 13.2 Å². The van der Waals surface area contributed by atoms with E-state index >= 15 is 0 Å². The number of anilines is 1. The molecule has 1 aromatic carbocycles. The molecule has 1 aromatic rings. The lowest BCUT2D eigenvalue weighted by Gasteiger charge is -2.01. The van der Waals surface area contributed by atoms with E-state index in [1.165, 1.54) is 7.05 Å². The average Bonchev–Trinajstić information content (AvgIpc) is 1.97. The number of rotatable bonds is 1. The van der Waals surface area contributed by atoms with Gasteiger partial charge in [-0.1, -0.05) is 0 Å². The van der Waals surface area contributed by atoms with Crippen LogP contribution in [0.15, 0.2) is 12.1 Å². The van der Waals surface area contributed by atoms with Gasteiger partial charge in [-0.2, -0.15) is 0 Å². The number of hydrogen-bond acceptors (Lipinski definition) is 1. The van der Waals surface area contributed by atoms with Crippen LogP contribution in [0.4, 0.5) is 18.9 Å². The first-order valence-corrected chi connectivity index (χ1v) is 2.97. The van der Waals surface area contributed by atoms with E-state index in [9.17, 15) is 13.2 Å². The maximum Gasteiger partial charge on any atom is 0.161 e. The third-order valence-corrected chi connectivity index (χ3v) is 1.28. The summed E-state index contributed by atoms with van der Waals surface area (Å²) in [5.74, 6) is -3.04. The van der Waals surface area contributed by atoms with Gasteiger partial charge in [-0.3, -0.25) is 0 Å². The first kappa shape index (κ1) is 7.91. The zero-order valence-electron chi connectivity index (χ0n) is 5.79. The summed E-state index contributed by atoms with van der Waals surface area (Å²) < 4.78 is 37.2. The van der Waals surface area contributed by atoms with Crippen LogP contribution in [-0.2, 0) is 0 Å². The Kier molecular flexibility index (Phi) is 2.03. The van der Waals surface area contributed by atoms with Gasteiger partial charge in [-0.05, 0) is 0 Å². The van der Waals surface area contributed by atoms with E-state index in [4.69, 9.17) is 0 Å². The fourth-order valence-corrected chi connectivity index (χ4v) is 0.714. The lowest BCUT2D eigenvalue weighted by atomic mass is 10.3. The molecule has 0 spiro atoms. The largest absolute Gasteiger partial charge is 0.386 e. The highest BCUT2D eigenvalue weighted by Crippen LogP contribution is 2.17. The van der Waals surface area contributed by atoms with Gasteiger partial charge in [0, 0.05) is 19.2 Å². The van der Waals surface area contributed by atoms with Gasteiger partial charge < -0.3 is 5.32 Å². The van der Waals surface area contributed by atoms with Crippen LogP contribution in [0.1, 0.15) is 0 Å². The summed E-state index contributed by atoms with van der Waals surface area (Å²) in [5.41, 5.74) is -0.0519. The minimum absolute atomic E-state index is 0.0519. The molecule has 60 valence electrons. The standard InChI is InChI=1S/C7H6F3N/c1-11-7-3-5(9)4(8)2-6(7)10/h2-3,11H,1H3. The molecule has 0 aromatic heterocycles. The Morgan fingerprint density at radius 1 is 1.00 bits per heavy atom. The summed E-state index contributed by atoms with van der Waals surface area (Å²) in [6.07, 6.45) is 0. The van der Waals surface area contributed by atoms with E-state index in [-0.39, 0.29) is 5.69 Å². The zero-order chi connectivity index (χ0) is 8.43. The van der Waals surface area contributed by atoms with Crippen molar-refractivity contribution >= 4 is 5.69 Å². The summed E-state index contributed by atoms with van der Waals surface area (Å²) in [6.45, 7) is 0. The molecule has 0 saturated carbocycles. The van der Waals surface area contributed by atoms with Gasteiger partial charge >= 0.3 is 0 Å². The van der Waals surface area contributed by atoms with Crippen LogP contribution in [0.2, 0.25) is 0 Å². The van der Waals surface area contributed by atoms with Crippen molar-refractivity contribution in [3.63, 3.8) is 0 Å². The highest BCUT2D eigenvalue weighted by molar-refractivity contribution is 5.44. The van der Waals surface area contributed by atoms with E-state index < -0.39 is 17.5 Å². The van der Waals surface area contributed by atoms with Gasteiger partial charge in [0.1, 0.15) is 5.82 Å². The van der Waals surface area contributed by atoms with Crippen LogP contribution < -0.4 is 5.32 Å². The lowest BCUT2D eigenvalue weighted by Crippen LogP contribution is -1.95. The number of halogens is 3. The molecule has 0 radical (unpaired) electrons. The Bertz CT molecular complexity index is 273. The maximum absolute atomic E-state index is 12.6. The van der Waals surface area contributed by atoms with Crippen molar-refractivity contribution < 1.29 is 13.2 Å². The van der Waals surface area contributed by atoms with Crippen molar-refractivity contribution in [1.29, 1.82) is 0 Å². The smallest absolute Gasteiger partial charge is 0.161 e. The molecule has 0 unspecified atom stereocenters. The van der Waals surface area contributed by atoms with Gasteiger partial charge in [0.25, 0.3) is 0 Å². The second kappa shape index (κ2) is 2.82. The van der Waals surface area contributed by atoms with Crippen LogP contribution in [0.25, 0.3) is 0 Å². The third kappa shape index (κ3) is 1.45. The molecule has 1 rings (SSSR count). The molecule has 4 heteroatoms. The maximum atomic E-state index is 12.6. The van der Waals surface area contributed by atoms with Crippen molar-refractivity contribution in [2.24, 2.45) is 0 Å². The van der Waals surface area contributed by atoms with Crippen LogP contribution in [0.3, 0.4) is 0 Å². The molecular formula is C7H6F3N. The second-order valence-electron chi connectivity index (χ2n) is 2.00. The molecule has 0 heterocycles. The Balaban J connectivity index is 3.21. The fourth-order valence-electron chi connectivity index (χ4n) is 0.714. The Hall–Kier alpha value is -1.19. The van der Waals surface area contributed by atoms with Crippen LogP contribution in [0.5, 0.6) is 0 Å². The molecule has 0 atom stereocenters. The van der Waals surface area contributed by atoms with E-state index in [1.807, 2.05) is 0 Å². The summed E-state index contributed by atoms with van der Waals surface area (Å²) >= 11 is 0. The topological polar surface area (TPSA) is 12.0 Å². The lowest BCUT2D eigenvalue weighted by molar-refractivity contribution is 0.496. The predicted octanol–water partition coefficient (Wildman–Crippen LogP) is 2.15. The average molecular weight is 161 g/mol. The van der Waals surface area contributed by atoms with E-state index in [0.717, 1.165) is 6.07 Å². The number of nitrogens with one attached hydrogen (secondary N) is 1. The van der Waals surface area contributed by atoms with Crippen molar-refractivity contribution in [2.45, 2.75) is 0 Å². The fraction of sp³-hybridized carbons (Fsp3) is 0.143. The van der Waals surface area contributed by atoms with Crippen LogP contribution >= 0.6 is 0 Å². The molecule has 0 amide bonds. The number of hydrogen-bond donors (Lipinski definition) is 1. The normalized spacial score (nSPS) is 9.82. The second-order valence-corrected chi connectivity index (χ2v) is 2.00. The van der Waals surface area contributed by atoms with E-state index in [2.05, 4.69) is 5.32 Å².